The van der Waals surface area contributed by atoms with Gasteiger partial charge in [0, 0.05) is 25.7 Å². The predicted octanol–water partition coefficient (Wildman–Crippen LogP) is 19.2. The van der Waals surface area contributed by atoms with Crippen LogP contribution in [-0.4, -0.2) is 96.7 Å². The van der Waals surface area contributed by atoms with E-state index in [0.717, 1.165) is 108 Å². The van der Waals surface area contributed by atoms with E-state index < -0.39 is 97.5 Å². The van der Waals surface area contributed by atoms with E-state index in [1.54, 1.807) is 0 Å². The number of rotatable bonds is 67. The topological polar surface area (TPSA) is 237 Å². The van der Waals surface area contributed by atoms with Gasteiger partial charge < -0.3 is 33.8 Å². The zero-order valence-electron chi connectivity index (χ0n) is 56.3. The van der Waals surface area contributed by atoms with E-state index in [1.165, 1.54) is 154 Å². The van der Waals surface area contributed by atoms with E-state index in [4.69, 9.17) is 37.0 Å². The second-order valence-electron chi connectivity index (χ2n) is 25.5. The minimum atomic E-state index is -4.95. The number of phosphoric ester groups is 2. The van der Waals surface area contributed by atoms with Crippen molar-refractivity contribution in [3.8, 4) is 0 Å². The zero-order valence-corrected chi connectivity index (χ0v) is 58.1. The van der Waals surface area contributed by atoms with Crippen molar-refractivity contribution in [2.45, 2.75) is 362 Å². The second-order valence-corrected chi connectivity index (χ2v) is 28.4. The molecule has 19 heteroatoms. The average molecular weight is 1280 g/mol. The summed E-state index contributed by atoms with van der Waals surface area (Å²) in [5.74, 6) is -0.634. The number of ether oxygens (including phenoxy) is 4. The molecule has 0 amide bonds. The number of aliphatic hydroxyl groups excluding tert-OH is 1. The molecular weight excluding hydrogens is 1150 g/mol. The van der Waals surface area contributed by atoms with Crippen molar-refractivity contribution in [2.24, 2.45) is 11.8 Å². The lowest BCUT2D eigenvalue weighted by Gasteiger charge is -2.21. The highest BCUT2D eigenvalue weighted by Gasteiger charge is 2.30. The fourth-order valence-corrected chi connectivity index (χ4v) is 11.8. The van der Waals surface area contributed by atoms with Crippen LogP contribution in [0.5, 0.6) is 0 Å². The number of hydrogen-bond acceptors (Lipinski definition) is 15. The number of phosphoric acid groups is 2. The molecule has 516 valence electrons. The lowest BCUT2D eigenvalue weighted by molar-refractivity contribution is -0.161. The van der Waals surface area contributed by atoms with Crippen LogP contribution in [0.2, 0.25) is 0 Å². The Morgan fingerprint density at radius 1 is 0.310 bits per heavy atom. The fourth-order valence-electron chi connectivity index (χ4n) is 10.2. The third-order valence-electron chi connectivity index (χ3n) is 15.7. The van der Waals surface area contributed by atoms with Crippen molar-refractivity contribution >= 4 is 39.5 Å². The van der Waals surface area contributed by atoms with Crippen LogP contribution in [0.3, 0.4) is 0 Å². The summed E-state index contributed by atoms with van der Waals surface area (Å²) in [4.78, 5) is 72.4. The summed E-state index contributed by atoms with van der Waals surface area (Å²) in [7, 11) is -9.89. The first-order valence-electron chi connectivity index (χ1n) is 35.5. The van der Waals surface area contributed by atoms with Gasteiger partial charge >= 0.3 is 39.5 Å². The van der Waals surface area contributed by atoms with Crippen LogP contribution in [0, 0.1) is 11.8 Å². The largest absolute Gasteiger partial charge is 0.472 e. The highest BCUT2D eigenvalue weighted by molar-refractivity contribution is 7.47. The molecule has 0 aliphatic rings. The van der Waals surface area contributed by atoms with Gasteiger partial charge in [-0.3, -0.25) is 37.3 Å². The first-order valence-corrected chi connectivity index (χ1v) is 38.5. The van der Waals surface area contributed by atoms with E-state index in [2.05, 4.69) is 41.5 Å². The molecule has 0 aromatic rings. The molecule has 0 fully saturated rings. The number of unbranched alkanes of at least 4 members (excludes halogenated alkanes) is 37. The quantitative estimate of drug-likeness (QED) is 0.0222. The molecule has 17 nitrogen and oxygen atoms in total. The Morgan fingerprint density at radius 2 is 0.529 bits per heavy atom. The maximum Gasteiger partial charge on any atom is 0.472 e. The van der Waals surface area contributed by atoms with Crippen LogP contribution in [-0.2, 0) is 65.4 Å². The molecule has 0 heterocycles. The predicted molar refractivity (Wildman–Crippen MR) is 349 cm³/mol. The Kier molecular flexibility index (Phi) is 59.0. The van der Waals surface area contributed by atoms with Gasteiger partial charge in [-0.25, -0.2) is 9.13 Å². The van der Waals surface area contributed by atoms with Gasteiger partial charge in [0.1, 0.15) is 19.3 Å². The molecule has 5 atom stereocenters. The Hall–Kier alpha value is -1.94. The van der Waals surface area contributed by atoms with Crippen molar-refractivity contribution in [3.05, 3.63) is 0 Å². The number of hydrogen-bond donors (Lipinski definition) is 3. The number of carbonyl (C=O) groups is 4. The first-order chi connectivity index (χ1) is 41.9. The summed E-state index contributed by atoms with van der Waals surface area (Å²) in [6.45, 7) is 9.48. The third-order valence-corrected chi connectivity index (χ3v) is 17.6. The lowest BCUT2D eigenvalue weighted by atomic mass is 10.0. The molecule has 0 saturated heterocycles. The maximum absolute atomic E-state index is 13.0. The van der Waals surface area contributed by atoms with Gasteiger partial charge in [0.25, 0.3) is 0 Å². The van der Waals surface area contributed by atoms with Crippen molar-refractivity contribution < 1.29 is 80.2 Å². The minimum Gasteiger partial charge on any atom is -0.462 e. The monoisotopic (exact) mass is 1280 g/mol. The average Bonchev–Trinajstić information content (AvgIpc) is 3.58. The molecule has 0 rings (SSSR count). The second kappa shape index (κ2) is 60.3. The van der Waals surface area contributed by atoms with E-state index >= 15 is 0 Å². The normalized spacial score (nSPS) is 14.2. The Balaban J connectivity index is 5.23. The zero-order chi connectivity index (χ0) is 64.3. The molecule has 87 heavy (non-hydrogen) atoms. The fraction of sp³-hybridized carbons (Fsp3) is 0.941. The Bertz CT molecular complexity index is 1700. The molecule has 0 saturated carbocycles. The molecule has 0 aromatic heterocycles. The van der Waals surface area contributed by atoms with Gasteiger partial charge in [0.05, 0.1) is 26.4 Å². The van der Waals surface area contributed by atoms with Gasteiger partial charge in [0.2, 0.25) is 0 Å². The van der Waals surface area contributed by atoms with Crippen LogP contribution in [0.25, 0.3) is 0 Å². The Morgan fingerprint density at radius 3 is 0.782 bits per heavy atom. The van der Waals surface area contributed by atoms with E-state index in [9.17, 15) is 43.2 Å². The molecule has 0 radical (unpaired) electrons. The smallest absolute Gasteiger partial charge is 0.462 e. The summed E-state index contributed by atoms with van der Waals surface area (Å²) in [6, 6.07) is 0. The third kappa shape index (κ3) is 62.6. The van der Waals surface area contributed by atoms with Gasteiger partial charge in [-0.1, -0.05) is 292 Å². The minimum absolute atomic E-state index is 0.104. The Labute approximate surface area is 530 Å². The van der Waals surface area contributed by atoms with E-state index in [1.807, 2.05) is 0 Å². The van der Waals surface area contributed by atoms with E-state index in [-0.39, 0.29) is 25.7 Å². The van der Waals surface area contributed by atoms with Gasteiger partial charge in [-0.05, 0) is 37.5 Å². The summed E-state index contributed by atoms with van der Waals surface area (Å²) in [6.07, 6.45) is 44.4. The summed E-state index contributed by atoms with van der Waals surface area (Å²) >= 11 is 0. The molecule has 0 aromatic carbocycles. The number of esters is 4. The van der Waals surface area contributed by atoms with Crippen LogP contribution in [0.4, 0.5) is 0 Å². The van der Waals surface area contributed by atoms with Crippen LogP contribution in [0.15, 0.2) is 0 Å². The van der Waals surface area contributed by atoms with E-state index in [0.29, 0.717) is 25.7 Å². The summed E-state index contributed by atoms with van der Waals surface area (Å²) in [5, 5.41) is 10.6. The van der Waals surface area contributed by atoms with Crippen LogP contribution in [0.1, 0.15) is 343 Å². The highest BCUT2D eigenvalue weighted by atomic mass is 31.2. The van der Waals surface area contributed by atoms with Gasteiger partial charge in [-0.15, -0.1) is 0 Å². The molecule has 0 aliphatic heterocycles. The molecule has 3 N–H and O–H groups in total. The summed E-state index contributed by atoms with van der Waals surface area (Å²) in [5.41, 5.74) is 0. The van der Waals surface area contributed by atoms with Crippen LogP contribution >= 0.6 is 15.6 Å². The van der Waals surface area contributed by atoms with Crippen molar-refractivity contribution in [1.29, 1.82) is 0 Å². The number of aliphatic hydroxyl groups is 1. The van der Waals surface area contributed by atoms with Crippen LogP contribution < -0.4 is 0 Å². The SMILES string of the molecule is CCCCCCCCCCCCCCCC(=O)OC[C@H](COP(=O)(O)OC[C@@H](O)COP(=O)(O)OC[C@@H](COC(=O)CCCCCCCCCC)OC(=O)CCCCCCCCCCC(C)C)OC(=O)CCCCCCCCCCCCCCC(C)C. The van der Waals surface area contributed by atoms with Crippen molar-refractivity contribution in [1.82, 2.24) is 0 Å². The standard InChI is InChI=1S/C68H132O17P2/c1-7-9-11-13-15-17-18-19-23-26-33-39-45-51-66(71)79-57-64(84-67(72)52-46-40-34-27-24-21-20-22-25-30-36-42-48-60(3)4)59-83-87(76,77)81-55-62(69)54-80-86(74,75)82-58-63(56-78-65(70)50-44-38-32-16-14-12-10-8-2)85-68(73)53-47-41-35-29-28-31-37-43-49-61(5)6/h60-64,69H,7-59H2,1-6H3,(H,74,75)(H,76,77)/t62-,63+,64+/m0/s1. The highest BCUT2D eigenvalue weighted by Crippen LogP contribution is 2.45. The molecule has 0 bridgehead atoms. The number of carbonyl (C=O) groups excluding carboxylic acids is 4. The van der Waals surface area contributed by atoms with Gasteiger partial charge in [-0.2, -0.15) is 0 Å². The summed E-state index contributed by atoms with van der Waals surface area (Å²) < 4.78 is 68.1. The maximum atomic E-state index is 13.0. The first kappa shape index (κ1) is 85.1. The van der Waals surface area contributed by atoms with Crippen molar-refractivity contribution in [2.75, 3.05) is 39.6 Å². The molecule has 0 aliphatic carbocycles. The van der Waals surface area contributed by atoms with Crippen molar-refractivity contribution in [3.63, 3.8) is 0 Å². The lowest BCUT2D eigenvalue weighted by Crippen LogP contribution is -2.30. The van der Waals surface area contributed by atoms with Gasteiger partial charge in [0.15, 0.2) is 12.2 Å². The molecule has 0 spiro atoms. The molecule has 2 unspecified atom stereocenters. The molecular formula is C68H132O17P2.